The molecule has 0 unspecified atom stereocenters. The van der Waals surface area contributed by atoms with Gasteiger partial charge in [0.1, 0.15) is 0 Å². The van der Waals surface area contributed by atoms with E-state index in [0.29, 0.717) is 18.4 Å². The van der Waals surface area contributed by atoms with Crippen molar-refractivity contribution in [1.29, 1.82) is 0 Å². The van der Waals surface area contributed by atoms with E-state index in [4.69, 9.17) is 5.11 Å². The molecule has 0 aromatic heterocycles. The fourth-order valence-electron chi connectivity index (χ4n) is 2.64. The first-order valence-electron chi connectivity index (χ1n) is 5.88. The quantitative estimate of drug-likeness (QED) is 0.783. The third-order valence-electron chi connectivity index (χ3n) is 3.66. The topological polar surface area (TPSA) is 20.2 Å². The van der Waals surface area contributed by atoms with Gasteiger partial charge in [-0.25, -0.2) is 0 Å². The lowest BCUT2D eigenvalue weighted by Crippen LogP contribution is -2.16. The van der Waals surface area contributed by atoms with Crippen LogP contribution in [0.5, 0.6) is 0 Å². The van der Waals surface area contributed by atoms with Gasteiger partial charge in [0.25, 0.3) is 0 Å². The molecule has 1 aromatic rings. The summed E-state index contributed by atoms with van der Waals surface area (Å²) in [6.45, 7) is 2.54. The minimum atomic E-state index is 0.369. The zero-order valence-electron chi connectivity index (χ0n) is 9.37. The first-order valence-corrected chi connectivity index (χ1v) is 5.88. The zero-order chi connectivity index (χ0) is 10.7. The Morgan fingerprint density at radius 1 is 1.33 bits per heavy atom. The SMILES string of the molecule is Cc1c[c]ccc1C1CCC(CO)CC1. The summed E-state index contributed by atoms with van der Waals surface area (Å²) in [4.78, 5) is 0. The molecule has 1 aliphatic carbocycles. The maximum absolute atomic E-state index is 9.10. The van der Waals surface area contributed by atoms with Gasteiger partial charge in [0.2, 0.25) is 0 Å². The smallest absolute Gasteiger partial charge is 0.0459 e. The number of aryl methyl sites for hydroxylation is 1. The van der Waals surface area contributed by atoms with E-state index >= 15 is 0 Å². The molecule has 1 nitrogen and oxygen atoms in total. The Morgan fingerprint density at radius 2 is 2.07 bits per heavy atom. The van der Waals surface area contributed by atoms with Gasteiger partial charge in [0.15, 0.2) is 0 Å². The number of hydrogen-bond donors (Lipinski definition) is 1. The van der Waals surface area contributed by atoms with Crippen LogP contribution in [0.1, 0.15) is 42.7 Å². The summed E-state index contributed by atoms with van der Waals surface area (Å²) >= 11 is 0. The molecule has 0 amide bonds. The van der Waals surface area contributed by atoms with Crippen molar-refractivity contribution in [3.05, 3.63) is 35.4 Å². The molecule has 2 rings (SSSR count). The lowest BCUT2D eigenvalue weighted by molar-refractivity contribution is 0.182. The summed E-state index contributed by atoms with van der Waals surface area (Å²) in [5.41, 5.74) is 2.86. The molecule has 0 atom stereocenters. The van der Waals surface area contributed by atoms with Gasteiger partial charge in [-0.1, -0.05) is 18.2 Å². The highest BCUT2D eigenvalue weighted by atomic mass is 16.3. The molecule has 0 spiro atoms. The van der Waals surface area contributed by atoms with Gasteiger partial charge >= 0.3 is 0 Å². The molecule has 1 radical (unpaired) electrons. The van der Waals surface area contributed by atoms with E-state index in [0.717, 1.165) is 0 Å². The largest absolute Gasteiger partial charge is 0.396 e. The van der Waals surface area contributed by atoms with E-state index in [9.17, 15) is 0 Å². The Bertz CT molecular complexity index is 311. The van der Waals surface area contributed by atoms with Crippen LogP contribution in [0.25, 0.3) is 0 Å². The predicted molar refractivity (Wildman–Crippen MR) is 61.8 cm³/mol. The van der Waals surface area contributed by atoms with Gasteiger partial charge in [-0.05, 0) is 61.6 Å². The van der Waals surface area contributed by atoms with Crippen LogP contribution in [0.3, 0.4) is 0 Å². The van der Waals surface area contributed by atoms with Crippen molar-refractivity contribution < 1.29 is 5.11 Å². The third-order valence-corrected chi connectivity index (χ3v) is 3.66. The van der Waals surface area contributed by atoms with E-state index < -0.39 is 0 Å². The molecule has 81 valence electrons. The first kappa shape index (κ1) is 10.7. The van der Waals surface area contributed by atoms with Crippen molar-refractivity contribution in [1.82, 2.24) is 0 Å². The average Bonchev–Trinajstić information content (AvgIpc) is 2.30. The summed E-state index contributed by atoms with van der Waals surface area (Å²) in [6, 6.07) is 9.42. The summed E-state index contributed by atoms with van der Waals surface area (Å²) in [7, 11) is 0. The summed E-state index contributed by atoms with van der Waals surface area (Å²) < 4.78 is 0. The molecule has 0 saturated heterocycles. The molecule has 0 bridgehead atoms. The van der Waals surface area contributed by atoms with Crippen LogP contribution in [0.2, 0.25) is 0 Å². The van der Waals surface area contributed by atoms with Gasteiger partial charge in [0.05, 0.1) is 0 Å². The second-order valence-corrected chi connectivity index (χ2v) is 4.68. The molecule has 1 heteroatoms. The Balaban J connectivity index is 2.04. The molecular weight excluding hydrogens is 184 g/mol. The second-order valence-electron chi connectivity index (χ2n) is 4.68. The average molecular weight is 203 g/mol. The summed E-state index contributed by atoms with van der Waals surface area (Å²) in [5.74, 6) is 1.26. The van der Waals surface area contributed by atoms with E-state index in [-0.39, 0.29) is 0 Å². The molecule has 0 heterocycles. The Hall–Kier alpha value is -0.820. The third kappa shape index (κ3) is 2.40. The van der Waals surface area contributed by atoms with Crippen LogP contribution in [0.15, 0.2) is 18.2 Å². The molecule has 15 heavy (non-hydrogen) atoms. The van der Waals surface area contributed by atoms with Gasteiger partial charge in [-0.2, -0.15) is 0 Å². The lowest BCUT2D eigenvalue weighted by Gasteiger charge is -2.28. The van der Waals surface area contributed by atoms with Crippen molar-refractivity contribution in [2.45, 2.75) is 38.5 Å². The lowest BCUT2D eigenvalue weighted by atomic mass is 9.78. The molecule has 1 aliphatic rings. The number of aliphatic hydroxyl groups is 1. The summed E-state index contributed by atoms with van der Waals surface area (Å²) in [6.07, 6.45) is 4.82. The van der Waals surface area contributed by atoms with E-state index in [1.54, 1.807) is 0 Å². The minimum Gasteiger partial charge on any atom is -0.396 e. The van der Waals surface area contributed by atoms with E-state index in [2.05, 4.69) is 25.1 Å². The van der Waals surface area contributed by atoms with Crippen molar-refractivity contribution >= 4 is 0 Å². The number of hydrogen-bond acceptors (Lipinski definition) is 1. The normalized spacial score (nSPS) is 26.5. The van der Waals surface area contributed by atoms with Crippen molar-refractivity contribution in [2.75, 3.05) is 6.61 Å². The highest BCUT2D eigenvalue weighted by Gasteiger charge is 2.22. The fourth-order valence-corrected chi connectivity index (χ4v) is 2.64. The maximum Gasteiger partial charge on any atom is 0.0459 e. The fraction of sp³-hybridized carbons (Fsp3) is 0.571. The van der Waals surface area contributed by atoms with Crippen LogP contribution in [0, 0.1) is 18.9 Å². The minimum absolute atomic E-state index is 0.369. The van der Waals surface area contributed by atoms with Gasteiger partial charge in [-0.3, -0.25) is 0 Å². The van der Waals surface area contributed by atoms with Crippen molar-refractivity contribution in [3.63, 3.8) is 0 Å². The standard InChI is InChI=1S/C14H19O/c1-11-4-2-3-5-14(11)13-8-6-12(10-15)7-9-13/h3-5,12-13,15H,6-10H2,1H3. The Labute approximate surface area is 92.1 Å². The van der Waals surface area contributed by atoms with Crippen LogP contribution in [0.4, 0.5) is 0 Å². The molecular formula is C14H19O. The second kappa shape index (κ2) is 4.80. The van der Waals surface area contributed by atoms with Crippen LogP contribution in [-0.2, 0) is 0 Å². The van der Waals surface area contributed by atoms with Crippen molar-refractivity contribution in [2.24, 2.45) is 5.92 Å². The number of aliphatic hydroxyl groups excluding tert-OH is 1. The summed E-state index contributed by atoms with van der Waals surface area (Å²) in [5, 5.41) is 9.10. The van der Waals surface area contributed by atoms with Crippen LogP contribution in [-0.4, -0.2) is 11.7 Å². The maximum atomic E-state index is 9.10. The predicted octanol–water partition coefficient (Wildman–Crippen LogP) is 3.06. The van der Waals surface area contributed by atoms with Crippen molar-refractivity contribution in [3.8, 4) is 0 Å². The van der Waals surface area contributed by atoms with Gasteiger partial charge < -0.3 is 5.11 Å². The highest BCUT2D eigenvalue weighted by molar-refractivity contribution is 5.28. The first-order chi connectivity index (χ1) is 7.31. The van der Waals surface area contributed by atoms with Gasteiger partial charge in [-0.15, -0.1) is 0 Å². The van der Waals surface area contributed by atoms with E-state index in [1.807, 2.05) is 6.07 Å². The Kier molecular flexibility index (Phi) is 3.42. The Morgan fingerprint density at radius 3 is 2.67 bits per heavy atom. The van der Waals surface area contributed by atoms with E-state index in [1.165, 1.54) is 36.8 Å². The molecule has 1 saturated carbocycles. The van der Waals surface area contributed by atoms with Crippen LogP contribution < -0.4 is 0 Å². The number of rotatable bonds is 2. The molecule has 1 fully saturated rings. The molecule has 1 aromatic carbocycles. The monoisotopic (exact) mass is 203 g/mol. The van der Waals surface area contributed by atoms with Gasteiger partial charge in [0, 0.05) is 6.61 Å². The number of benzene rings is 1. The molecule has 0 aliphatic heterocycles. The zero-order valence-corrected chi connectivity index (χ0v) is 9.37. The highest BCUT2D eigenvalue weighted by Crippen LogP contribution is 2.36. The molecule has 1 N–H and O–H groups in total. The van der Waals surface area contributed by atoms with Crippen LogP contribution >= 0.6 is 0 Å².